The molecule has 0 aromatic rings. The second kappa shape index (κ2) is 4.68. The van der Waals surface area contributed by atoms with Crippen LogP contribution >= 0.6 is 12.6 Å². The van der Waals surface area contributed by atoms with E-state index in [1.54, 1.807) is 0 Å². The van der Waals surface area contributed by atoms with E-state index in [9.17, 15) is 4.79 Å². The van der Waals surface area contributed by atoms with Gasteiger partial charge in [-0.25, -0.2) is 0 Å². The minimum absolute atomic E-state index is 0.0240. The van der Waals surface area contributed by atoms with E-state index in [0.717, 1.165) is 12.2 Å². The molecule has 2 nitrogen and oxygen atoms in total. The van der Waals surface area contributed by atoms with E-state index in [4.69, 9.17) is 0 Å². The molecule has 0 saturated carbocycles. The van der Waals surface area contributed by atoms with Crippen LogP contribution in [0.15, 0.2) is 0 Å². The van der Waals surface area contributed by atoms with Gasteiger partial charge in [-0.2, -0.15) is 12.6 Å². The summed E-state index contributed by atoms with van der Waals surface area (Å²) >= 11 is 4.06. The van der Waals surface area contributed by atoms with Crippen molar-refractivity contribution in [3.05, 3.63) is 0 Å². The van der Waals surface area contributed by atoms with Crippen molar-refractivity contribution in [1.29, 1.82) is 0 Å². The van der Waals surface area contributed by atoms with Crippen molar-refractivity contribution in [2.75, 3.05) is 5.75 Å². The van der Waals surface area contributed by atoms with Crippen molar-refractivity contribution in [3.8, 4) is 0 Å². The molecule has 0 radical (unpaired) electrons. The van der Waals surface area contributed by atoms with E-state index in [0.29, 0.717) is 0 Å². The van der Waals surface area contributed by atoms with E-state index in [-0.39, 0.29) is 11.9 Å². The molecule has 0 rings (SSSR count). The number of thiol groups is 1. The fourth-order valence-electron chi connectivity index (χ4n) is 0.564. The van der Waals surface area contributed by atoms with Gasteiger partial charge >= 0.3 is 0 Å². The highest BCUT2D eigenvalue weighted by Gasteiger charge is 2.02. The smallest absolute Gasteiger partial charge is 0.217 e. The van der Waals surface area contributed by atoms with Crippen LogP contribution < -0.4 is 5.32 Å². The highest BCUT2D eigenvalue weighted by atomic mass is 32.1. The number of carbonyl (C=O) groups excluding carboxylic acids is 1. The normalized spacial score (nSPS) is 12.8. The molecule has 0 aromatic heterocycles. The molecule has 1 amide bonds. The highest BCUT2D eigenvalue weighted by Crippen LogP contribution is 1.92. The molecule has 0 spiro atoms. The molecule has 0 bridgehead atoms. The summed E-state index contributed by atoms with van der Waals surface area (Å²) in [5.74, 6) is 0.742. The molecular formula is C6H13NOS. The first-order valence-corrected chi connectivity index (χ1v) is 3.72. The molecule has 0 aliphatic heterocycles. The third-order valence-corrected chi connectivity index (χ3v) is 1.56. The maximum Gasteiger partial charge on any atom is 0.217 e. The summed E-state index contributed by atoms with van der Waals surface area (Å²) in [6, 6.07) is 0.242. The van der Waals surface area contributed by atoms with Crippen LogP contribution in [0.4, 0.5) is 0 Å². The molecule has 3 heteroatoms. The van der Waals surface area contributed by atoms with E-state index < -0.39 is 0 Å². The van der Waals surface area contributed by atoms with Gasteiger partial charge in [-0.05, 0) is 6.42 Å². The Bertz CT molecular complexity index is 91.1. The van der Waals surface area contributed by atoms with Gasteiger partial charge in [0.05, 0.1) is 0 Å². The van der Waals surface area contributed by atoms with E-state index in [1.165, 1.54) is 6.92 Å². The fourth-order valence-corrected chi connectivity index (χ4v) is 0.914. The average molecular weight is 147 g/mol. The summed E-state index contributed by atoms with van der Waals surface area (Å²) in [5.41, 5.74) is 0. The summed E-state index contributed by atoms with van der Waals surface area (Å²) in [6.45, 7) is 3.54. The van der Waals surface area contributed by atoms with Crippen LogP contribution in [0, 0.1) is 0 Å². The standard InChI is InChI=1S/C6H13NOS/c1-3-6(4-9)7-5(2)8/h6,9H,3-4H2,1-2H3,(H,7,8)/t6-/m1/s1. The Morgan fingerprint density at radius 2 is 2.33 bits per heavy atom. The first kappa shape index (κ1) is 8.82. The van der Waals surface area contributed by atoms with Crippen molar-refractivity contribution in [1.82, 2.24) is 5.32 Å². The number of nitrogens with one attached hydrogen (secondary N) is 1. The number of hydrogen-bond acceptors (Lipinski definition) is 2. The zero-order valence-electron chi connectivity index (χ0n) is 5.85. The quantitative estimate of drug-likeness (QED) is 0.569. The zero-order valence-corrected chi connectivity index (χ0v) is 6.74. The molecule has 0 heterocycles. The largest absolute Gasteiger partial charge is 0.353 e. The Morgan fingerprint density at radius 3 is 2.44 bits per heavy atom. The fraction of sp³-hybridized carbons (Fsp3) is 0.833. The number of hydrogen-bond donors (Lipinski definition) is 2. The van der Waals surface area contributed by atoms with Crippen molar-refractivity contribution >= 4 is 18.5 Å². The molecule has 1 N–H and O–H groups in total. The van der Waals surface area contributed by atoms with Gasteiger partial charge in [-0.15, -0.1) is 0 Å². The average Bonchev–Trinajstić information content (AvgIpc) is 1.82. The predicted molar refractivity (Wildman–Crippen MR) is 41.7 cm³/mol. The van der Waals surface area contributed by atoms with E-state index in [2.05, 4.69) is 17.9 Å². The summed E-state index contributed by atoms with van der Waals surface area (Å²) in [4.78, 5) is 10.4. The lowest BCUT2D eigenvalue weighted by Crippen LogP contribution is -2.33. The molecule has 0 aliphatic carbocycles. The van der Waals surface area contributed by atoms with Gasteiger partial charge < -0.3 is 5.32 Å². The van der Waals surface area contributed by atoms with Crippen LogP contribution in [-0.2, 0) is 4.79 Å². The zero-order chi connectivity index (χ0) is 7.28. The Morgan fingerprint density at radius 1 is 1.78 bits per heavy atom. The first-order valence-electron chi connectivity index (χ1n) is 3.08. The van der Waals surface area contributed by atoms with Crippen LogP contribution in [0.3, 0.4) is 0 Å². The van der Waals surface area contributed by atoms with Crippen LogP contribution in [0.25, 0.3) is 0 Å². The molecule has 54 valence electrons. The Kier molecular flexibility index (Phi) is 4.58. The lowest BCUT2D eigenvalue weighted by molar-refractivity contribution is -0.119. The maximum atomic E-state index is 10.4. The molecule has 1 atom stereocenters. The van der Waals surface area contributed by atoms with Crippen LogP contribution in [-0.4, -0.2) is 17.7 Å². The van der Waals surface area contributed by atoms with Crippen LogP contribution in [0.2, 0.25) is 0 Å². The second-order valence-electron chi connectivity index (χ2n) is 1.99. The van der Waals surface area contributed by atoms with Gasteiger partial charge in [0, 0.05) is 18.7 Å². The Labute approximate surface area is 61.4 Å². The molecule has 0 unspecified atom stereocenters. The van der Waals surface area contributed by atoms with Crippen molar-refractivity contribution in [2.24, 2.45) is 0 Å². The second-order valence-corrected chi connectivity index (χ2v) is 2.35. The first-order chi connectivity index (χ1) is 4.20. The van der Waals surface area contributed by atoms with Crippen LogP contribution in [0.5, 0.6) is 0 Å². The summed E-state index contributed by atoms with van der Waals surface area (Å²) in [7, 11) is 0. The third kappa shape index (κ3) is 4.33. The SMILES string of the molecule is CC[C@H](CS)NC(C)=O. The van der Waals surface area contributed by atoms with Gasteiger partial charge in [0.2, 0.25) is 5.91 Å². The van der Waals surface area contributed by atoms with E-state index >= 15 is 0 Å². The molecule has 9 heavy (non-hydrogen) atoms. The minimum atomic E-state index is 0.0240. The maximum absolute atomic E-state index is 10.4. The Hall–Kier alpha value is -0.180. The number of amides is 1. The number of carbonyl (C=O) groups is 1. The van der Waals surface area contributed by atoms with Crippen LogP contribution in [0.1, 0.15) is 20.3 Å². The summed E-state index contributed by atoms with van der Waals surface area (Å²) in [5, 5.41) is 2.76. The van der Waals surface area contributed by atoms with Gasteiger partial charge in [-0.3, -0.25) is 4.79 Å². The van der Waals surface area contributed by atoms with Crippen molar-refractivity contribution in [2.45, 2.75) is 26.3 Å². The molecule has 0 aromatic carbocycles. The van der Waals surface area contributed by atoms with Crippen molar-refractivity contribution in [3.63, 3.8) is 0 Å². The van der Waals surface area contributed by atoms with Gasteiger partial charge in [0.15, 0.2) is 0 Å². The summed E-state index contributed by atoms with van der Waals surface area (Å²) in [6.07, 6.45) is 0.948. The molecular weight excluding hydrogens is 134 g/mol. The lowest BCUT2D eigenvalue weighted by atomic mass is 10.2. The molecule has 0 aliphatic rings. The monoisotopic (exact) mass is 147 g/mol. The molecule has 0 fully saturated rings. The highest BCUT2D eigenvalue weighted by molar-refractivity contribution is 7.80. The van der Waals surface area contributed by atoms with Crippen molar-refractivity contribution < 1.29 is 4.79 Å². The lowest BCUT2D eigenvalue weighted by Gasteiger charge is -2.11. The minimum Gasteiger partial charge on any atom is -0.353 e. The predicted octanol–water partition coefficient (Wildman–Crippen LogP) is 0.831. The van der Waals surface area contributed by atoms with Gasteiger partial charge in [-0.1, -0.05) is 6.92 Å². The summed E-state index contributed by atoms with van der Waals surface area (Å²) < 4.78 is 0. The third-order valence-electron chi connectivity index (χ3n) is 1.12. The topological polar surface area (TPSA) is 29.1 Å². The van der Waals surface area contributed by atoms with Gasteiger partial charge in [0.1, 0.15) is 0 Å². The van der Waals surface area contributed by atoms with Gasteiger partial charge in [0.25, 0.3) is 0 Å². The van der Waals surface area contributed by atoms with E-state index in [1.807, 2.05) is 6.92 Å². The Balaban J connectivity index is 3.43. The number of rotatable bonds is 3. The molecule has 0 saturated heterocycles.